The van der Waals surface area contributed by atoms with Crippen molar-refractivity contribution >= 4 is 0 Å². The topological polar surface area (TPSA) is 18.5 Å². The van der Waals surface area contributed by atoms with Crippen molar-refractivity contribution < 1.29 is 9.78 Å². The molecule has 0 unspecified atom stereocenters. The van der Waals surface area contributed by atoms with Crippen LogP contribution >= 0.6 is 0 Å². The van der Waals surface area contributed by atoms with Crippen LogP contribution in [0.15, 0.2) is 0 Å². The quantitative estimate of drug-likeness (QED) is 0.496. The van der Waals surface area contributed by atoms with Crippen molar-refractivity contribution in [1.29, 1.82) is 0 Å². The van der Waals surface area contributed by atoms with Gasteiger partial charge in [-0.3, -0.25) is 0 Å². The first-order valence-electron chi connectivity index (χ1n) is 5.49. The molecule has 0 aromatic rings. The van der Waals surface area contributed by atoms with Crippen molar-refractivity contribution in [2.45, 2.75) is 72.5 Å². The third-order valence-corrected chi connectivity index (χ3v) is 1.84. The predicted octanol–water partition coefficient (Wildman–Crippen LogP) is 3.95. The second kappa shape index (κ2) is 5.13. The minimum absolute atomic E-state index is 0.183. The largest absolute Gasteiger partial charge is 0.230 e. The Morgan fingerprint density at radius 3 is 1.79 bits per heavy atom. The van der Waals surface area contributed by atoms with E-state index in [0.29, 0.717) is 5.92 Å². The molecule has 0 spiro atoms. The molecule has 0 aliphatic rings. The lowest BCUT2D eigenvalue weighted by Gasteiger charge is -2.29. The van der Waals surface area contributed by atoms with Crippen LogP contribution in [0.5, 0.6) is 0 Å². The molecule has 0 rings (SSSR count). The Kier molecular flexibility index (Phi) is 5.10. The van der Waals surface area contributed by atoms with Crippen LogP contribution in [-0.2, 0) is 9.78 Å². The zero-order valence-corrected chi connectivity index (χ0v) is 10.8. The third-order valence-electron chi connectivity index (χ3n) is 1.84. The molecule has 0 heterocycles. The van der Waals surface area contributed by atoms with Gasteiger partial charge in [-0.2, -0.15) is 0 Å². The van der Waals surface area contributed by atoms with Gasteiger partial charge in [0.2, 0.25) is 0 Å². The summed E-state index contributed by atoms with van der Waals surface area (Å²) in [6.07, 6.45) is 2.20. The zero-order valence-electron chi connectivity index (χ0n) is 10.8. The highest BCUT2D eigenvalue weighted by Gasteiger charge is 2.23. The fraction of sp³-hybridized carbons (Fsp3) is 1.00. The Bertz CT molecular complexity index is 154. The molecule has 0 aliphatic carbocycles. The van der Waals surface area contributed by atoms with E-state index in [0.717, 1.165) is 6.42 Å². The Morgan fingerprint density at radius 1 is 0.929 bits per heavy atom. The third kappa shape index (κ3) is 8.52. The van der Waals surface area contributed by atoms with Crippen LogP contribution in [0.25, 0.3) is 0 Å². The molecular formula is C12H26O2. The molecule has 0 bridgehead atoms. The van der Waals surface area contributed by atoms with E-state index in [9.17, 15) is 0 Å². The Morgan fingerprint density at radius 2 is 1.43 bits per heavy atom. The average molecular weight is 202 g/mol. The molecular weight excluding hydrogens is 176 g/mol. The molecule has 0 aromatic carbocycles. The summed E-state index contributed by atoms with van der Waals surface area (Å²) in [6.45, 7) is 14.6. The van der Waals surface area contributed by atoms with Crippen molar-refractivity contribution in [2.75, 3.05) is 0 Å². The molecule has 2 heteroatoms. The normalized spacial score (nSPS) is 13.7. The van der Waals surface area contributed by atoms with E-state index in [1.807, 2.05) is 20.8 Å². The fourth-order valence-electron chi connectivity index (χ4n) is 0.916. The molecule has 0 radical (unpaired) electrons. The van der Waals surface area contributed by atoms with Crippen molar-refractivity contribution in [2.24, 2.45) is 5.92 Å². The van der Waals surface area contributed by atoms with Gasteiger partial charge in [0, 0.05) is 0 Å². The Labute approximate surface area is 88.9 Å². The average Bonchev–Trinajstić information content (AvgIpc) is 1.97. The number of rotatable bonds is 5. The van der Waals surface area contributed by atoms with E-state index >= 15 is 0 Å². The van der Waals surface area contributed by atoms with Crippen molar-refractivity contribution in [3.8, 4) is 0 Å². The second-order valence-electron chi connectivity index (χ2n) is 5.97. The minimum atomic E-state index is -0.227. The van der Waals surface area contributed by atoms with Gasteiger partial charge in [-0.15, -0.1) is 0 Å². The maximum absolute atomic E-state index is 5.44. The number of hydrogen-bond acceptors (Lipinski definition) is 2. The van der Waals surface area contributed by atoms with Gasteiger partial charge in [-0.25, -0.2) is 9.78 Å². The first-order valence-corrected chi connectivity index (χ1v) is 5.49. The standard InChI is InChI=1S/C12H26O2/c1-10(2)8-9-12(6,7)14-13-11(3,4)5/h10H,8-9H2,1-7H3. The van der Waals surface area contributed by atoms with Crippen LogP contribution in [0, 0.1) is 5.92 Å². The fourth-order valence-corrected chi connectivity index (χ4v) is 0.916. The van der Waals surface area contributed by atoms with Gasteiger partial charge in [0.05, 0.1) is 11.2 Å². The summed E-state index contributed by atoms with van der Waals surface area (Å²) in [7, 11) is 0. The van der Waals surface area contributed by atoms with E-state index in [4.69, 9.17) is 9.78 Å². The molecule has 14 heavy (non-hydrogen) atoms. The highest BCUT2D eigenvalue weighted by molar-refractivity contribution is 4.68. The summed E-state index contributed by atoms with van der Waals surface area (Å²) in [5.41, 5.74) is -0.410. The lowest BCUT2D eigenvalue weighted by Crippen LogP contribution is -2.30. The molecule has 0 saturated heterocycles. The second-order valence-corrected chi connectivity index (χ2v) is 5.97. The highest BCUT2D eigenvalue weighted by atomic mass is 17.2. The minimum Gasteiger partial charge on any atom is -0.230 e. The molecule has 0 saturated carbocycles. The van der Waals surface area contributed by atoms with Crippen molar-refractivity contribution in [3.05, 3.63) is 0 Å². The van der Waals surface area contributed by atoms with Gasteiger partial charge >= 0.3 is 0 Å². The summed E-state index contributed by atoms with van der Waals surface area (Å²) < 4.78 is 0. The van der Waals surface area contributed by atoms with Gasteiger partial charge in [0.1, 0.15) is 0 Å². The molecule has 0 amide bonds. The number of hydrogen-bond donors (Lipinski definition) is 0. The summed E-state index contributed by atoms with van der Waals surface area (Å²) in [4.78, 5) is 10.8. The van der Waals surface area contributed by atoms with Gasteiger partial charge in [-0.1, -0.05) is 13.8 Å². The van der Waals surface area contributed by atoms with Gasteiger partial charge < -0.3 is 0 Å². The van der Waals surface area contributed by atoms with Crippen LogP contribution in [0.4, 0.5) is 0 Å². The molecule has 86 valence electrons. The first kappa shape index (κ1) is 13.9. The highest BCUT2D eigenvalue weighted by Crippen LogP contribution is 2.22. The van der Waals surface area contributed by atoms with Crippen LogP contribution in [0.3, 0.4) is 0 Å². The van der Waals surface area contributed by atoms with E-state index in [2.05, 4.69) is 27.7 Å². The SMILES string of the molecule is CC(C)CCC(C)(C)OOC(C)(C)C. The van der Waals surface area contributed by atoms with Gasteiger partial charge in [0.25, 0.3) is 0 Å². The molecule has 0 aliphatic heterocycles. The maximum Gasteiger partial charge on any atom is 0.0980 e. The summed E-state index contributed by atoms with van der Waals surface area (Å²) in [5, 5.41) is 0. The van der Waals surface area contributed by atoms with E-state index in [1.165, 1.54) is 6.42 Å². The molecule has 0 atom stereocenters. The van der Waals surface area contributed by atoms with E-state index in [-0.39, 0.29) is 11.2 Å². The molecule has 0 fully saturated rings. The first-order chi connectivity index (χ1) is 6.12. The van der Waals surface area contributed by atoms with Crippen molar-refractivity contribution in [3.63, 3.8) is 0 Å². The molecule has 0 aromatic heterocycles. The van der Waals surface area contributed by atoms with Crippen molar-refractivity contribution in [1.82, 2.24) is 0 Å². The Hall–Kier alpha value is -0.0800. The van der Waals surface area contributed by atoms with Crippen LogP contribution < -0.4 is 0 Å². The lowest BCUT2D eigenvalue weighted by atomic mass is 9.97. The van der Waals surface area contributed by atoms with Gasteiger partial charge in [-0.05, 0) is 53.4 Å². The summed E-state index contributed by atoms with van der Waals surface area (Å²) >= 11 is 0. The summed E-state index contributed by atoms with van der Waals surface area (Å²) in [6, 6.07) is 0. The smallest absolute Gasteiger partial charge is 0.0980 e. The maximum atomic E-state index is 5.44. The Balaban J connectivity index is 3.83. The predicted molar refractivity (Wildman–Crippen MR) is 60.1 cm³/mol. The van der Waals surface area contributed by atoms with Gasteiger partial charge in [0.15, 0.2) is 0 Å². The van der Waals surface area contributed by atoms with Crippen LogP contribution in [-0.4, -0.2) is 11.2 Å². The van der Waals surface area contributed by atoms with E-state index in [1.54, 1.807) is 0 Å². The summed E-state index contributed by atoms with van der Waals surface area (Å²) in [5.74, 6) is 0.715. The van der Waals surface area contributed by atoms with E-state index < -0.39 is 0 Å². The lowest BCUT2D eigenvalue weighted by molar-refractivity contribution is -0.398. The molecule has 0 N–H and O–H groups in total. The monoisotopic (exact) mass is 202 g/mol. The molecule has 2 nitrogen and oxygen atoms in total. The zero-order chi connectivity index (χ0) is 11.4. The van der Waals surface area contributed by atoms with Crippen LogP contribution in [0.2, 0.25) is 0 Å². The van der Waals surface area contributed by atoms with Crippen LogP contribution in [0.1, 0.15) is 61.3 Å².